The van der Waals surface area contributed by atoms with Gasteiger partial charge in [0.15, 0.2) is 6.29 Å². The first-order valence-corrected chi connectivity index (χ1v) is 23.4. The Kier molecular flexibility index (Phi) is 14.9. The quantitative estimate of drug-likeness (QED) is 0.102. The molecule has 7 rings (SSSR count). The van der Waals surface area contributed by atoms with Crippen molar-refractivity contribution >= 4 is 0 Å². The Bertz CT molecular complexity index is 993. The molecular weight excluding hydrogens is 677 g/mol. The minimum Gasteiger partial charge on any atom is -0.375 e. The predicted octanol–water partition coefficient (Wildman–Crippen LogP) is 10.8. The third kappa shape index (κ3) is 11.9. The predicted molar refractivity (Wildman–Crippen MR) is 214 cm³/mol. The highest BCUT2D eigenvalue weighted by molar-refractivity contribution is 4.93. The summed E-state index contributed by atoms with van der Waals surface area (Å²) in [7, 11) is 0. The van der Waals surface area contributed by atoms with Crippen molar-refractivity contribution in [2.45, 2.75) is 232 Å². The Morgan fingerprint density at radius 3 is 1.11 bits per heavy atom. The van der Waals surface area contributed by atoms with Crippen LogP contribution in [0.4, 0.5) is 0 Å². The van der Waals surface area contributed by atoms with Gasteiger partial charge in [0.05, 0.1) is 63.1 Å². The summed E-state index contributed by atoms with van der Waals surface area (Å²) >= 11 is 0. The van der Waals surface area contributed by atoms with Gasteiger partial charge < -0.3 is 33.2 Å². The molecule has 312 valence electrons. The average Bonchev–Trinajstić information content (AvgIpc) is 4.11. The molecule has 7 fully saturated rings. The number of epoxide rings is 2. The second-order valence-corrected chi connectivity index (χ2v) is 20.8. The maximum absolute atomic E-state index is 6.74. The van der Waals surface area contributed by atoms with E-state index in [0.29, 0.717) is 59.7 Å². The molecule has 0 aromatic carbocycles. The van der Waals surface area contributed by atoms with Gasteiger partial charge in [-0.05, 0) is 189 Å². The van der Waals surface area contributed by atoms with Crippen LogP contribution in [0.5, 0.6) is 0 Å². The van der Waals surface area contributed by atoms with Crippen molar-refractivity contribution in [2.75, 3.05) is 26.4 Å². The second-order valence-electron chi connectivity index (χ2n) is 20.8. The summed E-state index contributed by atoms with van der Waals surface area (Å²) in [4.78, 5) is 0. The Morgan fingerprint density at radius 1 is 0.444 bits per heavy atom. The van der Waals surface area contributed by atoms with E-state index < -0.39 is 0 Å². The molecule has 54 heavy (non-hydrogen) atoms. The molecule has 0 aromatic heterocycles. The van der Waals surface area contributed by atoms with E-state index in [2.05, 4.69) is 41.5 Å². The molecule has 0 N–H and O–H groups in total. The van der Waals surface area contributed by atoms with Crippen molar-refractivity contribution < 1.29 is 33.2 Å². The van der Waals surface area contributed by atoms with Crippen LogP contribution in [-0.4, -0.2) is 81.5 Å². The van der Waals surface area contributed by atoms with Crippen LogP contribution >= 0.6 is 0 Å². The summed E-state index contributed by atoms with van der Waals surface area (Å²) in [6.07, 6.45) is 29.4. The topological polar surface area (TPSA) is 71.2 Å². The minimum atomic E-state index is -0.101. The van der Waals surface area contributed by atoms with Gasteiger partial charge in [0.1, 0.15) is 12.2 Å². The Morgan fingerprint density at radius 2 is 0.759 bits per heavy atom. The molecule has 0 amide bonds. The van der Waals surface area contributed by atoms with Gasteiger partial charge in [-0.15, -0.1) is 0 Å². The van der Waals surface area contributed by atoms with E-state index in [1.807, 2.05) is 0 Å². The molecule has 0 spiro atoms. The van der Waals surface area contributed by atoms with Crippen LogP contribution in [0.15, 0.2) is 0 Å². The van der Waals surface area contributed by atoms with E-state index in [-0.39, 0.29) is 6.29 Å². The lowest BCUT2D eigenvalue weighted by Crippen LogP contribution is -2.40. The van der Waals surface area contributed by atoms with Crippen molar-refractivity contribution in [3.63, 3.8) is 0 Å². The SMILES string of the molecule is CC(CC1CCC(OC(C)OC2CCC(C(C)(C)C3CCC(OCC4CO4)CC3)CC2)CC1)OC1CCC(C(C)(C)C2CCC(OCC3CO3)CC2)CC1. The number of rotatable bonds is 18. The lowest BCUT2D eigenvalue weighted by molar-refractivity contribution is -0.199. The van der Waals surface area contributed by atoms with Gasteiger partial charge in [-0.25, -0.2) is 0 Å². The van der Waals surface area contributed by atoms with Gasteiger partial charge in [0, 0.05) is 0 Å². The van der Waals surface area contributed by atoms with Crippen molar-refractivity contribution in [2.24, 2.45) is 40.4 Å². The van der Waals surface area contributed by atoms with Crippen molar-refractivity contribution in [3.05, 3.63) is 0 Å². The van der Waals surface area contributed by atoms with E-state index in [9.17, 15) is 0 Å². The van der Waals surface area contributed by atoms with Gasteiger partial charge in [-0.2, -0.15) is 0 Å². The second kappa shape index (κ2) is 19.2. The highest BCUT2D eigenvalue weighted by Crippen LogP contribution is 2.50. The standard InChI is InChI=1S/C47H82O7/c1-32(52-41-23-13-37(14-24-41)46(3,4)35-9-19-39(20-10-35)48-28-44-30-50-44)27-34-7-17-42(18-8-34)53-33(2)54-43-25-15-38(16-26-43)47(5,6)36-11-21-40(22-12-36)49-29-45-31-51-45/h32-45H,7-31H2,1-6H3. The fraction of sp³-hybridized carbons (Fsp3) is 1.00. The first-order valence-electron chi connectivity index (χ1n) is 23.4. The van der Waals surface area contributed by atoms with Gasteiger partial charge >= 0.3 is 0 Å². The number of ether oxygens (including phenoxy) is 7. The molecule has 0 radical (unpaired) electrons. The number of hydrogen-bond donors (Lipinski definition) is 0. The van der Waals surface area contributed by atoms with Crippen LogP contribution in [0, 0.1) is 40.4 Å². The third-order valence-corrected chi connectivity index (χ3v) is 16.4. The number of hydrogen-bond acceptors (Lipinski definition) is 7. The zero-order valence-electron chi connectivity index (χ0n) is 35.6. The van der Waals surface area contributed by atoms with E-state index in [1.54, 1.807) is 0 Å². The van der Waals surface area contributed by atoms with Crippen LogP contribution < -0.4 is 0 Å². The first-order chi connectivity index (χ1) is 26.0. The maximum atomic E-state index is 6.74. The van der Waals surface area contributed by atoms with E-state index in [1.165, 1.54) is 122 Å². The lowest BCUT2D eigenvalue weighted by Gasteiger charge is -2.47. The summed E-state index contributed by atoms with van der Waals surface area (Å²) in [6.45, 7) is 18.1. The molecule has 2 saturated heterocycles. The smallest absolute Gasteiger partial charge is 0.155 e. The van der Waals surface area contributed by atoms with E-state index in [4.69, 9.17) is 33.2 Å². The molecule has 4 atom stereocenters. The van der Waals surface area contributed by atoms with Crippen molar-refractivity contribution in [1.82, 2.24) is 0 Å². The van der Waals surface area contributed by atoms with E-state index >= 15 is 0 Å². The minimum absolute atomic E-state index is 0.101. The van der Waals surface area contributed by atoms with Gasteiger partial charge in [0.25, 0.3) is 0 Å². The van der Waals surface area contributed by atoms with Crippen LogP contribution in [0.3, 0.4) is 0 Å². The summed E-state index contributed by atoms with van der Waals surface area (Å²) < 4.78 is 42.8. The molecule has 0 aromatic rings. The summed E-state index contributed by atoms with van der Waals surface area (Å²) in [5.41, 5.74) is 0.818. The zero-order chi connectivity index (χ0) is 37.7. The molecule has 7 heteroatoms. The summed E-state index contributed by atoms with van der Waals surface area (Å²) in [5, 5.41) is 0. The van der Waals surface area contributed by atoms with Crippen LogP contribution in [0.2, 0.25) is 0 Å². The fourth-order valence-corrected chi connectivity index (χ4v) is 12.2. The van der Waals surface area contributed by atoms with Gasteiger partial charge in [0.2, 0.25) is 0 Å². The Labute approximate surface area is 330 Å². The summed E-state index contributed by atoms with van der Waals surface area (Å²) in [5.74, 6) is 4.04. The molecule has 0 bridgehead atoms. The van der Waals surface area contributed by atoms with E-state index in [0.717, 1.165) is 68.9 Å². The lowest BCUT2D eigenvalue weighted by atomic mass is 9.60. The monoisotopic (exact) mass is 759 g/mol. The van der Waals surface area contributed by atoms with Gasteiger partial charge in [-0.1, -0.05) is 27.7 Å². The highest BCUT2D eigenvalue weighted by Gasteiger charge is 2.43. The molecule has 7 aliphatic rings. The van der Waals surface area contributed by atoms with Crippen LogP contribution in [-0.2, 0) is 33.2 Å². The average molecular weight is 759 g/mol. The van der Waals surface area contributed by atoms with Gasteiger partial charge in [-0.3, -0.25) is 0 Å². The largest absolute Gasteiger partial charge is 0.375 e. The van der Waals surface area contributed by atoms with Crippen LogP contribution in [0.1, 0.15) is 176 Å². The molecule has 2 aliphatic heterocycles. The molecule has 5 aliphatic carbocycles. The van der Waals surface area contributed by atoms with Crippen LogP contribution in [0.25, 0.3) is 0 Å². The molecule has 4 unspecified atom stereocenters. The molecular formula is C47H82O7. The van der Waals surface area contributed by atoms with Crippen molar-refractivity contribution in [1.29, 1.82) is 0 Å². The normalized spacial score (nSPS) is 40.6. The first kappa shape index (κ1) is 41.9. The summed E-state index contributed by atoms with van der Waals surface area (Å²) in [6, 6.07) is 0. The third-order valence-electron chi connectivity index (χ3n) is 16.4. The highest BCUT2D eigenvalue weighted by atomic mass is 16.7. The Hall–Kier alpha value is -0.280. The molecule has 5 saturated carbocycles. The van der Waals surface area contributed by atoms with Crippen molar-refractivity contribution in [3.8, 4) is 0 Å². The molecule has 7 nitrogen and oxygen atoms in total. The molecule has 2 heterocycles. The fourth-order valence-electron chi connectivity index (χ4n) is 12.2. The Balaban J connectivity index is 0.724. The zero-order valence-corrected chi connectivity index (χ0v) is 35.6. The maximum Gasteiger partial charge on any atom is 0.155 e.